The lowest BCUT2D eigenvalue weighted by Gasteiger charge is -2.14. The van der Waals surface area contributed by atoms with E-state index in [9.17, 15) is 9.18 Å². The number of aliphatic imine (C=N–C) groups is 1. The van der Waals surface area contributed by atoms with Crippen LogP contribution in [-0.2, 0) is 0 Å². The highest BCUT2D eigenvalue weighted by Gasteiger charge is 2.26. The van der Waals surface area contributed by atoms with Crippen LogP contribution in [0.5, 0.6) is 0 Å². The SMILES string of the molecule is O=c1[nH]c2ccc(Br)cc2c(-c2ccccc2)c1C1=NCC(c2ccc(F)cc2)C1. The predicted molar refractivity (Wildman–Crippen MR) is 123 cm³/mol. The first-order chi connectivity index (χ1) is 14.6. The minimum atomic E-state index is -0.249. The number of fused-ring (bicyclic) bond motifs is 1. The molecule has 0 saturated heterocycles. The van der Waals surface area contributed by atoms with Crippen LogP contribution in [0.15, 0.2) is 87.1 Å². The van der Waals surface area contributed by atoms with Crippen LogP contribution >= 0.6 is 15.9 Å². The van der Waals surface area contributed by atoms with Crippen molar-refractivity contribution in [1.29, 1.82) is 0 Å². The summed E-state index contributed by atoms with van der Waals surface area (Å²) in [6.07, 6.45) is 0.647. The van der Waals surface area contributed by atoms with Gasteiger partial charge in [0.2, 0.25) is 0 Å². The summed E-state index contributed by atoms with van der Waals surface area (Å²) in [4.78, 5) is 21.0. The molecule has 0 fully saturated rings. The van der Waals surface area contributed by atoms with E-state index >= 15 is 0 Å². The highest BCUT2D eigenvalue weighted by atomic mass is 79.9. The Labute approximate surface area is 181 Å². The van der Waals surface area contributed by atoms with Crippen LogP contribution in [0.3, 0.4) is 0 Å². The Bertz CT molecular complexity index is 1330. The monoisotopic (exact) mass is 460 g/mol. The summed E-state index contributed by atoms with van der Waals surface area (Å²) in [5, 5.41) is 0.970. The molecule has 3 nitrogen and oxygen atoms in total. The Balaban J connectivity index is 1.67. The van der Waals surface area contributed by atoms with E-state index in [0.29, 0.717) is 18.5 Å². The van der Waals surface area contributed by atoms with Gasteiger partial charge >= 0.3 is 0 Å². The normalized spacial score (nSPS) is 16.1. The topological polar surface area (TPSA) is 45.2 Å². The fourth-order valence-corrected chi connectivity index (χ4v) is 4.53. The molecule has 1 N–H and O–H groups in total. The van der Waals surface area contributed by atoms with E-state index in [2.05, 4.69) is 20.9 Å². The quantitative estimate of drug-likeness (QED) is 0.395. The maximum atomic E-state index is 13.3. The van der Waals surface area contributed by atoms with Gasteiger partial charge in [0.05, 0.1) is 5.56 Å². The van der Waals surface area contributed by atoms with E-state index in [1.165, 1.54) is 12.1 Å². The third kappa shape index (κ3) is 3.39. The highest BCUT2D eigenvalue weighted by Crippen LogP contribution is 2.35. The van der Waals surface area contributed by atoms with Gasteiger partial charge in [-0.15, -0.1) is 0 Å². The Morgan fingerprint density at radius 2 is 1.73 bits per heavy atom. The fourth-order valence-electron chi connectivity index (χ4n) is 4.17. The first-order valence-corrected chi connectivity index (χ1v) is 10.6. The van der Waals surface area contributed by atoms with E-state index in [1.54, 1.807) is 12.1 Å². The van der Waals surface area contributed by atoms with Crippen LogP contribution in [0.25, 0.3) is 22.0 Å². The van der Waals surface area contributed by atoms with E-state index < -0.39 is 0 Å². The largest absolute Gasteiger partial charge is 0.321 e. The van der Waals surface area contributed by atoms with E-state index in [4.69, 9.17) is 4.99 Å². The zero-order valence-corrected chi connectivity index (χ0v) is 17.6. The van der Waals surface area contributed by atoms with Gasteiger partial charge in [-0.1, -0.05) is 58.4 Å². The minimum Gasteiger partial charge on any atom is -0.321 e. The van der Waals surface area contributed by atoms with Crippen molar-refractivity contribution in [2.45, 2.75) is 12.3 Å². The van der Waals surface area contributed by atoms with Crippen LogP contribution < -0.4 is 5.56 Å². The van der Waals surface area contributed by atoms with Gasteiger partial charge in [-0.05, 0) is 47.9 Å². The number of aromatic amines is 1. The minimum absolute atomic E-state index is 0.137. The number of hydrogen-bond acceptors (Lipinski definition) is 2. The molecule has 4 aromatic rings. The van der Waals surface area contributed by atoms with Gasteiger partial charge in [0.25, 0.3) is 5.56 Å². The molecule has 1 unspecified atom stereocenters. The average Bonchev–Trinajstić information content (AvgIpc) is 3.24. The Hall–Kier alpha value is -3.05. The van der Waals surface area contributed by atoms with E-state index in [1.807, 2.05) is 48.5 Å². The number of nitrogens with zero attached hydrogens (tertiary/aromatic N) is 1. The molecule has 1 aromatic heterocycles. The standard InChI is InChI=1S/C25H18BrFN2O/c26-18-8-11-21-20(13-18)23(16-4-2-1-3-5-16)24(25(30)29-21)22-12-17(14-28-22)15-6-9-19(27)10-7-15/h1-11,13,17H,12,14H2,(H,29,30). The van der Waals surface area contributed by atoms with Crippen LogP contribution in [-0.4, -0.2) is 17.2 Å². The lowest BCUT2D eigenvalue weighted by Crippen LogP contribution is -2.20. The lowest BCUT2D eigenvalue weighted by atomic mass is 9.89. The Kier molecular flexibility index (Phi) is 4.83. The molecule has 5 heteroatoms. The molecule has 1 aliphatic heterocycles. The van der Waals surface area contributed by atoms with Gasteiger partial charge in [0.1, 0.15) is 5.82 Å². The van der Waals surface area contributed by atoms with Crippen LogP contribution in [0, 0.1) is 5.82 Å². The van der Waals surface area contributed by atoms with Gasteiger partial charge < -0.3 is 4.98 Å². The first kappa shape index (κ1) is 18.9. The second-order valence-corrected chi connectivity index (χ2v) is 8.42. The number of nitrogens with one attached hydrogen (secondary N) is 1. The second-order valence-electron chi connectivity index (χ2n) is 7.50. The Morgan fingerprint density at radius 1 is 0.967 bits per heavy atom. The second kappa shape index (κ2) is 7.65. The van der Waals surface area contributed by atoms with Crippen molar-refractivity contribution in [3.05, 3.63) is 105 Å². The molecule has 0 amide bonds. The van der Waals surface area contributed by atoms with Gasteiger partial charge in [-0.25, -0.2) is 4.39 Å². The van der Waals surface area contributed by atoms with Crippen molar-refractivity contribution < 1.29 is 4.39 Å². The molecule has 148 valence electrons. The van der Waals surface area contributed by atoms with Crippen LogP contribution in [0.1, 0.15) is 23.5 Å². The molecule has 0 saturated carbocycles. The summed E-state index contributed by atoms with van der Waals surface area (Å²) >= 11 is 3.56. The smallest absolute Gasteiger partial charge is 0.258 e. The third-order valence-corrected chi connectivity index (χ3v) is 6.10. The zero-order chi connectivity index (χ0) is 20.7. The molecule has 5 rings (SSSR count). The molecule has 0 spiro atoms. The van der Waals surface area contributed by atoms with Crippen molar-refractivity contribution in [2.24, 2.45) is 4.99 Å². The zero-order valence-electron chi connectivity index (χ0n) is 16.0. The van der Waals surface area contributed by atoms with Crippen LogP contribution in [0.4, 0.5) is 4.39 Å². The molecule has 0 aliphatic carbocycles. The number of benzene rings is 3. The summed E-state index contributed by atoms with van der Waals surface area (Å²) in [5.41, 5.74) is 4.99. The van der Waals surface area contributed by atoms with Gasteiger partial charge in [0.15, 0.2) is 0 Å². The van der Waals surface area contributed by atoms with Gasteiger partial charge in [0, 0.05) is 39.1 Å². The van der Waals surface area contributed by atoms with Crippen molar-refractivity contribution in [1.82, 2.24) is 4.98 Å². The maximum absolute atomic E-state index is 13.3. The average molecular weight is 461 g/mol. The van der Waals surface area contributed by atoms with E-state index in [-0.39, 0.29) is 17.3 Å². The fraction of sp³-hybridized carbons (Fsp3) is 0.120. The molecular formula is C25H18BrFN2O. The number of halogens is 2. The Morgan fingerprint density at radius 3 is 2.50 bits per heavy atom. The number of rotatable bonds is 3. The van der Waals surface area contributed by atoms with Crippen molar-refractivity contribution in [2.75, 3.05) is 6.54 Å². The third-order valence-electron chi connectivity index (χ3n) is 5.61. The summed E-state index contributed by atoms with van der Waals surface area (Å²) in [5.74, 6) is -0.109. The molecule has 1 aliphatic rings. The summed E-state index contributed by atoms with van der Waals surface area (Å²) in [6, 6.07) is 22.4. The van der Waals surface area contributed by atoms with Gasteiger partial charge in [-0.3, -0.25) is 9.79 Å². The first-order valence-electron chi connectivity index (χ1n) is 9.80. The summed E-state index contributed by atoms with van der Waals surface area (Å²) in [6.45, 7) is 0.588. The number of H-pyrrole nitrogens is 1. The number of hydrogen-bond donors (Lipinski definition) is 1. The molecule has 0 radical (unpaired) electrons. The predicted octanol–water partition coefficient (Wildman–Crippen LogP) is 6.07. The molecule has 2 heterocycles. The molecule has 30 heavy (non-hydrogen) atoms. The van der Waals surface area contributed by atoms with Gasteiger partial charge in [-0.2, -0.15) is 0 Å². The molecule has 3 aromatic carbocycles. The van der Waals surface area contributed by atoms with E-state index in [0.717, 1.165) is 37.8 Å². The summed E-state index contributed by atoms with van der Waals surface area (Å²) in [7, 11) is 0. The van der Waals surface area contributed by atoms with Crippen molar-refractivity contribution >= 4 is 32.5 Å². The molecular weight excluding hydrogens is 443 g/mol. The van der Waals surface area contributed by atoms with Crippen molar-refractivity contribution in [3.63, 3.8) is 0 Å². The maximum Gasteiger partial charge on any atom is 0.258 e. The highest BCUT2D eigenvalue weighted by molar-refractivity contribution is 9.10. The molecule has 0 bridgehead atoms. The number of pyridine rings is 1. The van der Waals surface area contributed by atoms with Crippen molar-refractivity contribution in [3.8, 4) is 11.1 Å². The summed E-state index contributed by atoms with van der Waals surface area (Å²) < 4.78 is 14.3. The lowest BCUT2D eigenvalue weighted by molar-refractivity contribution is 0.625. The van der Waals surface area contributed by atoms with Crippen LogP contribution in [0.2, 0.25) is 0 Å². The number of aromatic nitrogens is 1. The molecule has 1 atom stereocenters.